The van der Waals surface area contributed by atoms with Gasteiger partial charge in [-0.3, -0.25) is 9.78 Å². The third-order valence-corrected chi connectivity index (χ3v) is 24.5. The smallest absolute Gasteiger partial charge is 0.191 e. The third-order valence-electron chi connectivity index (χ3n) is 18.0. The van der Waals surface area contributed by atoms with Crippen LogP contribution in [0.3, 0.4) is 0 Å². The minimum atomic E-state index is -3.26. The van der Waals surface area contributed by atoms with Crippen molar-refractivity contribution in [3.05, 3.63) is 160 Å². The fraction of sp³-hybridized carbons (Fsp3) is 0.548. The Morgan fingerprint density at radius 3 is 1.22 bits per heavy atom. The standard InChI is InChI=1S/C71H96NSSi.C13H24O2.Ir/c1-22-71(21,23-2)61-40-56(39-54-26-24-25-27-60(54)61)63-64-55(28-29-72-63)41-62(73-64)74(57-33-48(42-65(3,4)5)30-49(34-57)43-66(6,7)8,58-35-50(44-67(9,10)11)31-51(36-58)45-68(12,13)14)59-37-52(46-69(15,16)17)32-53(38-59)47-70(18,19)20;1-5-10(6-2)12(14)9-13(15)11(7-3)8-4;/h24-38,40-41H,22-23,42-47H2,1-21H3;9-11,14H,5-8H2,1-4H3;/q-1;;/b;12-9-;. The number of ketones is 1. The molecule has 0 fully saturated rings. The van der Waals surface area contributed by atoms with Crippen LogP contribution in [0.25, 0.3) is 32.1 Å². The number of allylic oxidation sites excluding steroid dienone is 2. The van der Waals surface area contributed by atoms with Gasteiger partial charge in [0, 0.05) is 59.1 Å². The molecule has 90 heavy (non-hydrogen) atoms. The van der Waals surface area contributed by atoms with Crippen molar-refractivity contribution in [2.24, 2.45) is 44.3 Å². The van der Waals surface area contributed by atoms with E-state index in [0.29, 0.717) is 0 Å². The number of hydrogen-bond donors (Lipinski definition) is 1. The summed E-state index contributed by atoms with van der Waals surface area (Å²) in [6.45, 7) is 58.6. The molecule has 493 valence electrons. The molecule has 0 bridgehead atoms. The number of hydrogen-bond acceptors (Lipinski definition) is 4. The molecule has 0 amide bonds. The predicted molar refractivity (Wildman–Crippen MR) is 396 cm³/mol. The average Bonchev–Trinajstić information content (AvgIpc) is 1.27. The number of pyridine rings is 1. The van der Waals surface area contributed by atoms with Crippen LogP contribution in [0.5, 0.6) is 0 Å². The molecule has 0 atom stereocenters. The number of nitrogens with zero attached hydrogens (tertiary/aromatic N) is 1. The molecule has 2 heterocycles. The van der Waals surface area contributed by atoms with Crippen LogP contribution in [0.15, 0.2) is 115 Å². The second-order valence-corrected chi connectivity index (χ2v) is 39.6. The molecule has 0 aliphatic carbocycles. The molecule has 3 nitrogen and oxygen atoms in total. The summed E-state index contributed by atoms with van der Waals surface area (Å²) in [5.74, 6) is 0.547. The van der Waals surface area contributed by atoms with E-state index in [0.717, 1.165) is 88.3 Å². The van der Waals surface area contributed by atoms with Gasteiger partial charge in [0.25, 0.3) is 0 Å². The molecule has 5 aromatic carbocycles. The Balaban J connectivity index is 0.000000813. The van der Waals surface area contributed by atoms with Gasteiger partial charge >= 0.3 is 0 Å². The number of aromatic nitrogens is 1. The van der Waals surface area contributed by atoms with Gasteiger partial charge in [-0.25, -0.2) is 0 Å². The summed E-state index contributed by atoms with van der Waals surface area (Å²) in [6, 6.07) is 44.2. The van der Waals surface area contributed by atoms with E-state index in [9.17, 15) is 9.90 Å². The number of thiophene rings is 1. The van der Waals surface area contributed by atoms with E-state index in [1.54, 1.807) is 0 Å². The van der Waals surface area contributed by atoms with E-state index in [-0.39, 0.29) is 81.4 Å². The van der Waals surface area contributed by atoms with Crippen LogP contribution in [-0.4, -0.2) is 23.9 Å². The number of aliphatic hydroxyl groups excluding tert-OH is 1. The van der Waals surface area contributed by atoms with Crippen molar-refractivity contribution in [1.82, 2.24) is 4.98 Å². The molecular weight excluding hydrogens is 1310 g/mol. The quantitative estimate of drug-likeness (QED) is 0.0256. The monoisotopic (exact) mass is 1430 g/mol. The molecule has 0 unspecified atom stereocenters. The largest absolute Gasteiger partial charge is 0.512 e. The van der Waals surface area contributed by atoms with Gasteiger partial charge in [0.2, 0.25) is 0 Å². The topological polar surface area (TPSA) is 50.2 Å². The first-order chi connectivity index (χ1) is 41.1. The second kappa shape index (κ2) is 30.3. The summed E-state index contributed by atoms with van der Waals surface area (Å²) in [7, 11) is -3.26. The maximum Gasteiger partial charge on any atom is 0.191 e. The van der Waals surface area contributed by atoms with Crippen LogP contribution in [-0.2, 0) is 68.8 Å². The Hall–Kier alpha value is -4.45. The van der Waals surface area contributed by atoms with Gasteiger partial charge in [-0.15, -0.1) is 40.5 Å². The van der Waals surface area contributed by atoms with Gasteiger partial charge in [0.1, 0.15) is 0 Å². The molecule has 7 aromatic rings. The van der Waals surface area contributed by atoms with Crippen molar-refractivity contribution >= 4 is 66.1 Å². The molecule has 0 saturated carbocycles. The predicted octanol–water partition coefficient (Wildman–Crippen LogP) is 21.8. The summed E-state index contributed by atoms with van der Waals surface area (Å²) in [6.07, 6.45) is 15.2. The molecule has 2 aromatic heterocycles. The second-order valence-electron chi connectivity index (χ2n) is 34.4. The van der Waals surface area contributed by atoms with Crippen LogP contribution in [0, 0.1) is 50.4 Å². The summed E-state index contributed by atoms with van der Waals surface area (Å²) >= 11 is 2.03. The average molecular weight is 1430 g/mol. The number of carbonyl (C=O) groups excluding carboxylic acids is 1. The van der Waals surface area contributed by atoms with Gasteiger partial charge in [0.15, 0.2) is 13.9 Å². The van der Waals surface area contributed by atoms with E-state index in [4.69, 9.17) is 4.98 Å². The molecule has 0 saturated heterocycles. The van der Waals surface area contributed by atoms with Gasteiger partial charge in [-0.2, -0.15) is 0 Å². The van der Waals surface area contributed by atoms with E-state index in [2.05, 4.69) is 255 Å². The Kier molecular flexibility index (Phi) is 25.7. The number of rotatable bonds is 21. The molecule has 0 aliphatic heterocycles. The Labute approximate surface area is 568 Å². The Morgan fingerprint density at radius 1 is 0.511 bits per heavy atom. The number of aliphatic hydroxyl groups is 1. The first kappa shape index (κ1) is 76.3. The van der Waals surface area contributed by atoms with E-state index in [1.807, 2.05) is 39.0 Å². The SMILES string of the molecule is CCC(C)(CC)c1cc(-c2nccc3cc([Si](c4cc(CC(C)(C)C)cc(CC(C)(C)C)c4)(c4cc(CC(C)(C)C)cc(CC(C)(C)C)c4)c4cc(CC(C)(C)C)cc(CC(C)(C)C)c4)sc23)[c-]c2ccccc12.CCC(CC)C(=O)/C=C(\O)C(CC)CC.[Ir]. The zero-order chi connectivity index (χ0) is 66.5. The van der Waals surface area contributed by atoms with Gasteiger partial charge in [-0.1, -0.05) is 257 Å². The maximum absolute atomic E-state index is 11.7. The Morgan fingerprint density at radius 2 is 0.878 bits per heavy atom. The first-order valence-corrected chi connectivity index (χ1v) is 37.2. The number of benzene rings is 5. The van der Waals surface area contributed by atoms with Crippen molar-refractivity contribution in [3.8, 4) is 11.3 Å². The third kappa shape index (κ3) is 20.5. The fourth-order valence-corrected chi connectivity index (χ4v) is 21.3. The zero-order valence-corrected chi connectivity index (χ0v) is 65.3. The van der Waals surface area contributed by atoms with Crippen molar-refractivity contribution in [1.29, 1.82) is 0 Å². The van der Waals surface area contributed by atoms with Crippen LogP contribution in [0.2, 0.25) is 0 Å². The normalized spacial score (nSPS) is 13.3. The fourth-order valence-electron chi connectivity index (χ4n) is 13.8. The van der Waals surface area contributed by atoms with Crippen LogP contribution in [0.4, 0.5) is 0 Å². The summed E-state index contributed by atoms with van der Waals surface area (Å²) in [5, 5.41) is 18.0. The minimum absolute atomic E-state index is 0. The first-order valence-electron chi connectivity index (χ1n) is 34.3. The number of fused-ring (bicyclic) bond motifs is 2. The van der Waals surface area contributed by atoms with E-state index >= 15 is 0 Å². The maximum atomic E-state index is 11.7. The molecular formula is C84H120IrNO2SSi-. The zero-order valence-electron chi connectivity index (χ0n) is 61.1. The molecule has 6 heteroatoms. The van der Waals surface area contributed by atoms with Crippen LogP contribution in [0.1, 0.15) is 251 Å². The molecule has 0 spiro atoms. The summed E-state index contributed by atoms with van der Waals surface area (Å²) in [5.41, 5.74) is 12.9. The van der Waals surface area contributed by atoms with Gasteiger partial charge in [-0.05, 0) is 181 Å². The van der Waals surface area contributed by atoms with Crippen molar-refractivity contribution in [3.63, 3.8) is 0 Å². The van der Waals surface area contributed by atoms with E-state index < -0.39 is 8.07 Å². The summed E-state index contributed by atoms with van der Waals surface area (Å²) in [4.78, 5) is 17.1. The molecule has 1 N–H and O–H groups in total. The van der Waals surface area contributed by atoms with Crippen LogP contribution >= 0.6 is 11.3 Å². The Bertz CT molecular complexity index is 3250. The number of carbonyl (C=O) groups is 1. The van der Waals surface area contributed by atoms with Crippen LogP contribution < -0.4 is 20.1 Å². The summed E-state index contributed by atoms with van der Waals surface area (Å²) < 4.78 is 2.74. The van der Waals surface area contributed by atoms with Crippen molar-refractivity contribution in [2.45, 2.75) is 256 Å². The van der Waals surface area contributed by atoms with E-state index in [1.165, 1.54) is 85.9 Å². The van der Waals surface area contributed by atoms with Gasteiger partial charge < -0.3 is 5.11 Å². The minimum Gasteiger partial charge on any atom is -0.512 e. The molecule has 7 rings (SSSR count). The van der Waals surface area contributed by atoms with Crippen molar-refractivity contribution in [2.75, 3.05) is 0 Å². The molecule has 0 aliphatic rings. The van der Waals surface area contributed by atoms with Crippen molar-refractivity contribution < 1.29 is 30.0 Å². The van der Waals surface area contributed by atoms with Gasteiger partial charge in [0.05, 0.1) is 5.76 Å². The molecule has 1 radical (unpaired) electrons.